The summed E-state index contributed by atoms with van der Waals surface area (Å²) in [5.41, 5.74) is 0. The van der Waals surface area contributed by atoms with Crippen LogP contribution in [0.1, 0.15) is 219 Å². The highest BCUT2D eigenvalue weighted by Gasteiger charge is 2.11. The summed E-state index contributed by atoms with van der Waals surface area (Å²) in [6.07, 6.45) is 47.0. The van der Waals surface area contributed by atoms with Crippen molar-refractivity contribution in [3.05, 3.63) is 12.2 Å². The van der Waals surface area contributed by atoms with Crippen molar-refractivity contribution in [2.75, 3.05) is 6.61 Å². The zero-order valence-electron chi connectivity index (χ0n) is 29.1. The van der Waals surface area contributed by atoms with Crippen LogP contribution < -0.4 is 0 Å². The molecule has 0 aromatic rings. The molecule has 0 aliphatic rings. The van der Waals surface area contributed by atoms with Crippen molar-refractivity contribution < 1.29 is 17.2 Å². The molecular weight excluding hydrogens is 552 g/mol. The summed E-state index contributed by atoms with van der Waals surface area (Å²) in [5, 5.41) is 0. The van der Waals surface area contributed by atoms with Gasteiger partial charge in [0.25, 0.3) is 0 Å². The monoisotopic (exact) mass is 629 g/mol. The lowest BCUT2D eigenvalue weighted by atomic mass is 9.99. The average Bonchev–Trinajstić information content (AvgIpc) is 2.98. The first kappa shape index (κ1) is 42.6. The van der Waals surface area contributed by atoms with Crippen LogP contribution in [-0.4, -0.2) is 19.6 Å². The third-order valence-corrected chi connectivity index (χ3v) is 9.43. The summed E-state index contributed by atoms with van der Waals surface area (Å²) in [6.45, 7) is 4.61. The van der Waals surface area contributed by atoms with Gasteiger partial charge in [0.05, 0.1) is 6.61 Å². The molecule has 0 aliphatic heterocycles. The van der Waals surface area contributed by atoms with Gasteiger partial charge in [0, 0.05) is 5.92 Å². The molecule has 0 spiro atoms. The highest BCUT2D eigenvalue weighted by molar-refractivity contribution is 7.80. The Morgan fingerprint density at radius 2 is 0.791 bits per heavy atom. The van der Waals surface area contributed by atoms with Crippen LogP contribution in [0.2, 0.25) is 0 Å². The third-order valence-electron chi connectivity index (χ3n) is 8.99. The number of hydrogen-bond acceptors (Lipinski definition) is 3. The maximum absolute atomic E-state index is 11.1. The van der Waals surface area contributed by atoms with Gasteiger partial charge in [-0.25, -0.2) is 4.18 Å². The maximum Gasteiger partial charge on any atom is 0.397 e. The van der Waals surface area contributed by atoms with Crippen LogP contribution >= 0.6 is 0 Å². The molecule has 0 saturated heterocycles. The fraction of sp³-hybridized carbons (Fsp3) is 0.947. The molecule has 43 heavy (non-hydrogen) atoms. The van der Waals surface area contributed by atoms with Gasteiger partial charge in [-0.1, -0.05) is 212 Å². The van der Waals surface area contributed by atoms with Crippen molar-refractivity contribution >= 4 is 10.4 Å². The normalized spacial score (nSPS) is 12.9. The van der Waals surface area contributed by atoms with Crippen LogP contribution in [-0.2, 0) is 14.6 Å². The van der Waals surface area contributed by atoms with E-state index >= 15 is 0 Å². The standard InChI is InChI=1S/C38H76O4S/c1-3-5-7-9-11-13-15-17-19-20-22-24-26-28-30-32-34-36-38(37-42-43(39,40)41)35-33-31-29-27-25-23-21-18-16-14-12-10-8-6-4-2/h34,36,38H,3-33,35,37H2,1-2H3,(H,39,40,41)/b36-34+. The lowest BCUT2D eigenvalue weighted by Crippen LogP contribution is -2.12. The van der Waals surface area contributed by atoms with E-state index in [0.29, 0.717) is 0 Å². The topological polar surface area (TPSA) is 63.6 Å². The van der Waals surface area contributed by atoms with Crippen LogP contribution in [0.25, 0.3) is 0 Å². The molecule has 4 nitrogen and oxygen atoms in total. The number of unbranched alkanes of at least 4 members (excludes halogenated alkanes) is 29. The van der Waals surface area contributed by atoms with E-state index in [1.54, 1.807) is 0 Å². The first-order valence-electron chi connectivity index (χ1n) is 19.3. The van der Waals surface area contributed by atoms with E-state index in [4.69, 9.17) is 8.74 Å². The van der Waals surface area contributed by atoms with Crippen molar-refractivity contribution in [2.45, 2.75) is 219 Å². The summed E-state index contributed by atoms with van der Waals surface area (Å²) < 4.78 is 35.9. The Labute approximate surface area is 271 Å². The number of rotatable bonds is 36. The molecule has 0 heterocycles. The zero-order chi connectivity index (χ0) is 31.5. The molecule has 1 N–H and O–H groups in total. The van der Waals surface area contributed by atoms with Crippen LogP contribution in [0, 0.1) is 5.92 Å². The summed E-state index contributed by atoms with van der Waals surface area (Å²) in [7, 11) is -4.37. The Bertz CT molecular complexity index is 661. The molecule has 0 fully saturated rings. The van der Waals surface area contributed by atoms with Crippen LogP contribution in [0.3, 0.4) is 0 Å². The summed E-state index contributed by atoms with van der Waals surface area (Å²) >= 11 is 0. The molecule has 0 saturated carbocycles. The molecule has 258 valence electrons. The number of hydrogen-bond donors (Lipinski definition) is 1. The van der Waals surface area contributed by atoms with E-state index in [1.165, 1.54) is 186 Å². The van der Waals surface area contributed by atoms with Gasteiger partial charge in [-0.15, -0.1) is 0 Å². The smallest absolute Gasteiger partial charge is 0.264 e. The summed E-state index contributed by atoms with van der Waals surface area (Å²) in [4.78, 5) is 0. The Balaban J connectivity index is 3.73. The van der Waals surface area contributed by atoms with Crippen LogP contribution in [0.5, 0.6) is 0 Å². The van der Waals surface area contributed by atoms with E-state index in [2.05, 4.69) is 26.0 Å². The molecular formula is C38H76O4S. The minimum absolute atomic E-state index is 0.0484. The average molecular weight is 629 g/mol. The molecule has 0 aromatic heterocycles. The lowest BCUT2D eigenvalue weighted by Gasteiger charge is -2.12. The molecule has 5 heteroatoms. The minimum atomic E-state index is -4.37. The first-order chi connectivity index (χ1) is 21.0. The molecule has 0 amide bonds. The van der Waals surface area contributed by atoms with Gasteiger partial charge >= 0.3 is 10.4 Å². The van der Waals surface area contributed by atoms with Crippen LogP contribution in [0.4, 0.5) is 0 Å². The third kappa shape index (κ3) is 37.7. The molecule has 0 aliphatic carbocycles. The van der Waals surface area contributed by atoms with E-state index in [-0.39, 0.29) is 12.5 Å². The van der Waals surface area contributed by atoms with Crippen molar-refractivity contribution in [1.29, 1.82) is 0 Å². The van der Waals surface area contributed by atoms with Crippen LogP contribution in [0.15, 0.2) is 12.2 Å². The highest BCUT2D eigenvalue weighted by Crippen LogP contribution is 2.18. The Morgan fingerprint density at radius 3 is 1.12 bits per heavy atom. The van der Waals surface area contributed by atoms with Gasteiger partial charge < -0.3 is 0 Å². The van der Waals surface area contributed by atoms with E-state index in [9.17, 15) is 8.42 Å². The van der Waals surface area contributed by atoms with Gasteiger partial charge in [-0.2, -0.15) is 8.42 Å². The largest absolute Gasteiger partial charge is 0.397 e. The second kappa shape index (κ2) is 34.5. The first-order valence-corrected chi connectivity index (χ1v) is 20.6. The molecule has 0 bridgehead atoms. The van der Waals surface area contributed by atoms with Gasteiger partial charge in [-0.05, 0) is 19.3 Å². The lowest BCUT2D eigenvalue weighted by molar-refractivity contribution is 0.234. The molecule has 0 aromatic carbocycles. The molecule has 0 radical (unpaired) electrons. The van der Waals surface area contributed by atoms with Gasteiger partial charge in [0.15, 0.2) is 0 Å². The fourth-order valence-corrected chi connectivity index (χ4v) is 6.46. The molecule has 0 rings (SSSR count). The zero-order valence-corrected chi connectivity index (χ0v) is 30.0. The predicted molar refractivity (Wildman–Crippen MR) is 189 cm³/mol. The Morgan fingerprint density at radius 1 is 0.488 bits per heavy atom. The Kier molecular flexibility index (Phi) is 34.2. The SMILES string of the molecule is CCCCCCCCCCCCCCCCC/C=C/C(CCCCCCCCCCCCCCCCC)COS(=O)(=O)O. The second-order valence-electron chi connectivity index (χ2n) is 13.4. The predicted octanol–water partition coefficient (Wildman–Crippen LogP) is 13.5. The number of allylic oxidation sites excluding steroid dienone is 1. The quantitative estimate of drug-likeness (QED) is 0.0426. The fourth-order valence-electron chi connectivity index (χ4n) is 6.11. The maximum atomic E-state index is 11.1. The highest BCUT2D eigenvalue weighted by atomic mass is 32.3. The van der Waals surface area contributed by atoms with Gasteiger partial charge in [0.1, 0.15) is 0 Å². The van der Waals surface area contributed by atoms with Crippen molar-refractivity contribution in [1.82, 2.24) is 0 Å². The van der Waals surface area contributed by atoms with Crippen molar-refractivity contribution in [2.24, 2.45) is 5.92 Å². The van der Waals surface area contributed by atoms with Gasteiger partial charge in [-0.3, -0.25) is 4.55 Å². The van der Waals surface area contributed by atoms with Crippen molar-refractivity contribution in [3.63, 3.8) is 0 Å². The van der Waals surface area contributed by atoms with Gasteiger partial charge in [0.2, 0.25) is 0 Å². The molecule has 1 unspecified atom stereocenters. The van der Waals surface area contributed by atoms with E-state index in [1.807, 2.05) is 0 Å². The molecule has 1 atom stereocenters. The minimum Gasteiger partial charge on any atom is -0.264 e. The second-order valence-corrected chi connectivity index (χ2v) is 14.5. The summed E-state index contributed by atoms with van der Waals surface area (Å²) in [5.74, 6) is 0.0558. The van der Waals surface area contributed by atoms with E-state index in [0.717, 1.165) is 19.3 Å². The summed E-state index contributed by atoms with van der Waals surface area (Å²) in [6, 6.07) is 0. The van der Waals surface area contributed by atoms with Crippen molar-refractivity contribution in [3.8, 4) is 0 Å². The van der Waals surface area contributed by atoms with E-state index < -0.39 is 10.4 Å². The Hall–Kier alpha value is -0.390.